The van der Waals surface area contributed by atoms with E-state index in [0.29, 0.717) is 18.2 Å². The highest BCUT2D eigenvalue weighted by atomic mass is 32.1. The van der Waals surface area contributed by atoms with Crippen LogP contribution in [-0.2, 0) is 9.53 Å². The fraction of sp³-hybridized carbons (Fsp3) is 0.714. The Morgan fingerprint density at radius 2 is 2.43 bits per heavy atom. The number of carbonyl (C=O) groups excluding carboxylic acids is 1. The number of ether oxygens (including phenoxy) is 1. The van der Waals surface area contributed by atoms with E-state index < -0.39 is 0 Å². The van der Waals surface area contributed by atoms with Crippen molar-refractivity contribution in [3.05, 3.63) is 0 Å². The molecule has 1 aromatic rings. The van der Waals surface area contributed by atoms with Crippen molar-refractivity contribution in [1.29, 1.82) is 0 Å². The Morgan fingerprint density at radius 1 is 1.64 bits per heavy atom. The van der Waals surface area contributed by atoms with Gasteiger partial charge in [-0.15, -0.1) is 0 Å². The quantitative estimate of drug-likeness (QED) is 0.729. The molecule has 0 amide bonds. The molecule has 0 aliphatic heterocycles. The second-order valence-electron chi connectivity index (χ2n) is 2.52. The third kappa shape index (κ3) is 2.91. The summed E-state index contributed by atoms with van der Waals surface area (Å²) in [5.74, 6) is -0.273. The van der Waals surface area contributed by atoms with Crippen LogP contribution in [0.3, 0.4) is 0 Å². The summed E-state index contributed by atoms with van der Waals surface area (Å²) in [6.07, 6.45) is 0.637. The first-order valence-electron chi connectivity index (χ1n) is 4.36. The van der Waals surface area contributed by atoms with Crippen molar-refractivity contribution in [1.82, 2.24) is 14.8 Å². The molecular formula is C7H12N4O2S. The smallest absolute Gasteiger partial charge is 0.328 e. The van der Waals surface area contributed by atoms with Gasteiger partial charge in [0.15, 0.2) is 0 Å². The second-order valence-corrected chi connectivity index (χ2v) is 3.26. The number of esters is 1. The van der Waals surface area contributed by atoms with Crippen LogP contribution >= 0.6 is 11.5 Å². The van der Waals surface area contributed by atoms with E-state index in [1.54, 1.807) is 6.92 Å². The van der Waals surface area contributed by atoms with Crippen molar-refractivity contribution in [3.8, 4) is 0 Å². The topological polar surface area (TPSA) is 77.0 Å². The van der Waals surface area contributed by atoms with E-state index in [1.165, 1.54) is 0 Å². The Hall–Kier alpha value is -1.24. The van der Waals surface area contributed by atoms with Gasteiger partial charge >= 0.3 is 5.97 Å². The summed E-state index contributed by atoms with van der Waals surface area (Å²) in [5, 5.41) is 10.5. The summed E-state index contributed by atoms with van der Waals surface area (Å²) in [6.45, 7) is 4.05. The maximum Gasteiger partial charge on any atom is 0.328 e. The zero-order valence-corrected chi connectivity index (χ0v) is 8.87. The monoisotopic (exact) mass is 216 g/mol. The molecule has 14 heavy (non-hydrogen) atoms. The van der Waals surface area contributed by atoms with E-state index in [-0.39, 0.29) is 12.0 Å². The van der Waals surface area contributed by atoms with Crippen LogP contribution in [0.1, 0.15) is 20.3 Å². The Morgan fingerprint density at radius 3 is 2.93 bits per heavy atom. The van der Waals surface area contributed by atoms with E-state index in [9.17, 15) is 4.79 Å². The molecule has 1 heterocycles. The molecule has 7 heteroatoms. The van der Waals surface area contributed by atoms with Gasteiger partial charge in [0, 0.05) is 11.5 Å². The predicted molar refractivity (Wildman–Crippen MR) is 52.0 cm³/mol. The number of nitrogens with zero attached hydrogens (tertiary/aromatic N) is 3. The fourth-order valence-corrected chi connectivity index (χ4v) is 1.33. The van der Waals surface area contributed by atoms with Crippen LogP contribution < -0.4 is 5.32 Å². The second kappa shape index (κ2) is 5.48. The van der Waals surface area contributed by atoms with Gasteiger partial charge in [0.2, 0.25) is 5.13 Å². The van der Waals surface area contributed by atoms with Crippen molar-refractivity contribution in [2.45, 2.75) is 26.3 Å². The third-order valence-electron chi connectivity index (χ3n) is 1.58. The van der Waals surface area contributed by atoms with Crippen LogP contribution in [0.15, 0.2) is 0 Å². The lowest BCUT2D eigenvalue weighted by Crippen LogP contribution is -2.30. The number of hydrogen-bond donors (Lipinski definition) is 1. The molecule has 1 aromatic heterocycles. The summed E-state index contributed by atoms with van der Waals surface area (Å²) >= 11 is 1.11. The third-order valence-corrected chi connectivity index (χ3v) is 2.10. The lowest BCUT2D eigenvalue weighted by atomic mass is 10.2. The minimum Gasteiger partial charge on any atom is -0.464 e. The van der Waals surface area contributed by atoms with E-state index >= 15 is 0 Å². The highest BCUT2D eigenvalue weighted by molar-refractivity contribution is 7.09. The predicted octanol–water partition coefficient (Wildman–Crippen LogP) is 0.687. The summed E-state index contributed by atoms with van der Waals surface area (Å²) in [4.78, 5) is 11.4. The molecule has 78 valence electrons. The van der Waals surface area contributed by atoms with Gasteiger partial charge in [-0.25, -0.2) is 4.79 Å². The van der Waals surface area contributed by atoms with Gasteiger partial charge in [0.25, 0.3) is 0 Å². The van der Waals surface area contributed by atoms with Crippen LogP contribution in [-0.4, -0.2) is 33.4 Å². The van der Waals surface area contributed by atoms with Crippen LogP contribution in [0.2, 0.25) is 0 Å². The van der Waals surface area contributed by atoms with E-state index in [0.717, 1.165) is 11.5 Å². The highest BCUT2D eigenvalue weighted by Crippen LogP contribution is 2.09. The number of nitrogens with one attached hydrogen (secondary N) is 1. The number of anilines is 1. The van der Waals surface area contributed by atoms with Crippen LogP contribution in [0, 0.1) is 0 Å². The Bertz CT molecular complexity index is 277. The Balaban J connectivity index is 2.50. The minimum absolute atomic E-state index is 0.273. The molecule has 6 nitrogen and oxygen atoms in total. The largest absolute Gasteiger partial charge is 0.464 e. The Kier molecular flexibility index (Phi) is 4.24. The first-order valence-corrected chi connectivity index (χ1v) is 5.13. The molecule has 0 fully saturated rings. The number of hydrogen-bond acceptors (Lipinski definition) is 7. The molecule has 0 saturated carbocycles. The van der Waals surface area contributed by atoms with Gasteiger partial charge in [0.1, 0.15) is 6.04 Å². The zero-order chi connectivity index (χ0) is 10.4. The van der Waals surface area contributed by atoms with Crippen LogP contribution in [0.5, 0.6) is 0 Å². The Labute approximate surface area is 85.8 Å². The fourth-order valence-electron chi connectivity index (χ4n) is 0.909. The van der Waals surface area contributed by atoms with E-state index in [4.69, 9.17) is 4.74 Å². The molecule has 1 atom stereocenters. The summed E-state index contributed by atoms with van der Waals surface area (Å²) in [7, 11) is 0. The van der Waals surface area contributed by atoms with Crippen molar-refractivity contribution >= 4 is 22.6 Å². The average Bonchev–Trinajstić information content (AvgIpc) is 2.66. The summed E-state index contributed by atoms with van der Waals surface area (Å²) in [6, 6.07) is -0.371. The number of aromatic nitrogens is 3. The van der Waals surface area contributed by atoms with Crippen molar-refractivity contribution in [3.63, 3.8) is 0 Å². The van der Waals surface area contributed by atoms with Crippen molar-refractivity contribution in [2.75, 3.05) is 11.9 Å². The molecule has 0 aromatic carbocycles. The van der Waals surface area contributed by atoms with Gasteiger partial charge < -0.3 is 10.1 Å². The van der Waals surface area contributed by atoms with Crippen molar-refractivity contribution < 1.29 is 9.53 Å². The molecule has 0 radical (unpaired) electrons. The molecule has 0 aliphatic carbocycles. The van der Waals surface area contributed by atoms with Gasteiger partial charge in [0.05, 0.1) is 6.61 Å². The van der Waals surface area contributed by atoms with Gasteiger partial charge in [-0.1, -0.05) is 16.5 Å². The van der Waals surface area contributed by atoms with Gasteiger partial charge in [-0.3, -0.25) is 0 Å². The molecular weight excluding hydrogens is 204 g/mol. The molecule has 1 rings (SSSR count). The standard InChI is InChI=1S/C7H12N4O2S/c1-3-5(6(12)13-4-2)8-7-9-10-11-14-7/h5H,3-4H2,1-2H3,(H,8,9,11). The van der Waals surface area contributed by atoms with Gasteiger partial charge in [-0.05, 0) is 18.6 Å². The molecule has 1 N–H and O–H groups in total. The van der Waals surface area contributed by atoms with Crippen LogP contribution in [0.25, 0.3) is 0 Å². The molecule has 0 spiro atoms. The zero-order valence-electron chi connectivity index (χ0n) is 8.06. The number of rotatable bonds is 5. The SMILES string of the molecule is CCOC(=O)C(CC)Nc1nnns1. The first kappa shape index (κ1) is 10.8. The molecule has 1 unspecified atom stereocenters. The maximum atomic E-state index is 11.4. The number of carbonyl (C=O) groups is 1. The van der Waals surface area contributed by atoms with Crippen molar-refractivity contribution in [2.24, 2.45) is 0 Å². The average molecular weight is 216 g/mol. The molecule has 0 saturated heterocycles. The first-order chi connectivity index (χ1) is 6.77. The lowest BCUT2D eigenvalue weighted by Gasteiger charge is -2.13. The normalized spacial score (nSPS) is 12.1. The molecule has 0 aliphatic rings. The minimum atomic E-state index is -0.371. The summed E-state index contributed by atoms with van der Waals surface area (Å²) in [5.41, 5.74) is 0. The van der Waals surface area contributed by atoms with Gasteiger partial charge in [-0.2, -0.15) is 0 Å². The maximum absolute atomic E-state index is 11.4. The van der Waals surface area contributed by atoms with E-state index in [1.807, 2.05) is 6.92 Å². The lowest BCUT2D eigenvalue weighted by molar-refractivity contribution is -0.144. The van der Waals surface area contributed by atoms with Crippen LogP contribution in [0.4, 0.5) is 5.13 Å². The highest BCUT2D eigenvalue weighted by Gasteiger charge is 2.18. The van der Waals surface area contributed by atoms with E-state index in [2.05, 4.69) is 20.1 Å². The summed E-state index contributed by atoms with van der Waals surface area (Å²) < 4.78 is 8.46. The molecule has 0 bridgehead atoms.